The number of hydrogen-bond donors (Lipinski definition) is 1. The standard InChI is InChI=1S/C11H17N3/c1-2-4-9(3-1)11-7-13-8-14(11)10-5-12-6-10/h7-10,12H,1-6H2. The van der Waals surface area contributed by atoms with Crippen molar-refractivity contribution in [3.8, 4) is 0 Å². The Morgan fingerprint density at radius 1 is 1.29 bits per heavy atom. The van der Waals surface area contributed by atoms with Gasteiger partial charge in [-0.25, -0.2) is 4.98 Å². The number of nitrogens with one attached hydrogen (secondary N) is 1. The summed E-state index contributed by atoms with van der Waals surface area (Å²) >= 11 is 0. The van der Waals surface area contributed by atoms with E-state index in [1.54, 1.807) is 0 Å². The molecule has 2 aliphatic rings. The first-order valence-corrected chi connectivity index (χ1v) is 5.67. The lowest BCUT2D eigenvalue weighted by atomic mass is 10.0. The van der Waals surface area contributed by atoms with Gasteiger partial charge in [0.1, 0.15) is 0 Å². The van der Waals surface area contributed by atoms with Crippen LogP contribution in [0.15, 0.2) is 12.5 Å². The fourth-order valence-electron chi connectivity index (χ4n) is 2.63. The maximum absolute atomic E-state index is 4.30. The second-order valence-corrected chi connectivity index (χ2v) is 4.52. The van der Waals surface area contributed by atoms with Gasteiger partial charge in [-0.3, -0.25) is 0 Å². The average Bonchev–Trinajstić information content (AvgIpc) is 2.66. The van der Waals surface area contributed by atoms with Gasteiger partial charge >= 0.3 is 0 Å². The molecule has 1 aromatic rings. The van der Waals surface area contributed by atoms with Crippen molar-refractivity contribution in [1.29, 1.82) is 0 Å². The highest BCUT2D eigenvalue weighted by atomic mass is 15.2. The third-order valence-corrected chi connectivity index (χ3v) is 3.62. The van der Waals surface area contributed by atoms with Gasteiger partial charge in [0.15, 0.2) is 0 Å². The van der Waals surface area contributed by atoms with Crippen molar-refractivity contribution in [3.63, 3.8) is 0 Å². The van der Waals surface area contributed by atoms with Crippen LogP contribution in [0.3, 0.4) is 0 Å². The molecule has 76 valence electrons. The van der Waals surface area contributed by atoms with Crippen molar-refractivity contribution in [3.05, 3.63) is 18.2 Å². The van der Waals surface area contributed by atoms with Crippen LogP contribution in [0.25, 0.3) is 0 Å². The Labute approximate surface area is 84.5 Å². The molecule has 2 heterocycles. The predicted molar refractivity (Wildman–Crippen MR) is 55.3 cm³/mol. The normalized spacial score (nSPS) is 24.0. The number of rotatable bonds is 2. The van der Waals surface area contributed by atoms with Crippen LogP contribution in [-0.4, -0.2) is 22.6 Å². The summed E-state index contributed by atoms with van der Waals surface area (Å²) in [6, 6.07) is 0.674. The number of nitrogens with zero attached hydrogens (tertiary/aromatic N) is 2. The van der Waals surface area contributed by atoms with Crippen molar-refractivity contribution in [2.75, 3.05) is 13.1 Å². The molecule has 0 bridgehead atoms. The van der Waals surface area contributed by atoms with Gasteiger partial charge in [0.05, 0.1) is 12.4 Å². The zero-order valence-corrected chi connectivity index (χ0v) is 8.45. The zero-order chi connectivity index (χ0) is 9.38. The van der Waals surface area contributed by atoms with Crippen molar-refractivity contribution in [2.45, 2.75) is 37.6 Å². The molecule has 1 aromatic heterocycles. The molecule has 0 amide bonds. The van der Waals surface area contributed by atoms with Crippen LogP contribution in [0.4, 0.5) is 0 Å². The monoisotopic (exact) mass is 191 g/mol. The molecule has 0 spiro atoms. The van der Waals surface area contributed by atoms with Crippen molar-refractivity contribution >= 4 is 0 Å². The molecule has 1 saturated heterocycles. The fraction of sp³-hybridized carbons (Fsp3) is 0.727. The van der Waals surface area contributed by atoms with Gasteiger partial charge < -0.3 is 9.88 Å². The minimum absolute atomic E-state index is 0.674. The Morgan fingerprint density at radius 3 is 2.71 bits per heavy atom. The van der Waals surface area contributed by atoms with E-state index in [1.165, 1.54) is 31.4 Å². The summed E-state index contributed by atoms with van der Waals surface area (Å²) in [7, 11) is 0. The quantitative estimate of drug-likeness (QED) is 0.771. The van der Waals surface area contributed by atoms with Gasteiger partial charge in [0, 0.05) is 30.9 Å². The van der Waals surface area contributed by atoms with E-state index >= 15 is 0 Å². The third kappa shape index (κ3) is 1.27. The Kier molecular flexibility index (Phi) is 2.05. The average molecular weight is 191 g/mol. The molecule has 14 heavy (non-hydrogen) atoms. The molecule has 3 nitrogen and oxygen atoms in total. The SMILES string of the molecule is c1ncn(C2CNC2)c1C1CCCC1. The van der Waals surface area contributed by atoms with E-state index in [0.717, 1.165) is 19.0 Å². The minimum Gasteiger partial charge on any atom is -0.329 e. The van der Waals surface area contributed by atoms with Gasteiger partial charge in [0.2, 0.25) is 0 Å². The highest BCUT2D eigenvalue weighted by Crippen LogP contribution is 2.35. The van der Waals surface area contributed by atoms with Crippen LogP contribution in [-0.2, 0) is 0 Å². The van der Waals surface area contributed by atoms with Crippen molar-refractivity contribution in [2.24, 2.45) is 0 Å². The number of imidazole rings is 1. The Balaban J connectivity index is 1.85. The maximum Gasteiger partial charge on any atom is 0.0951 e. The first-order valence-electron chi connectivity index (χ1n) is 5.67. The Morgan fingerprint density at radius 2 is 2.07 bits per heavy atom. The molecule has 3 rings (SSSR count). The molecule has 2 fully saturated rings. The second kappa shape index (κ2) is 3.39. The molecule has 0 radical (unpaired) electrons. The molecule has 1 N–H and O–H groups in total. The zero-order valence-electron chi connectivity index (χ0n) is 8.45. The molecule has 1 aliphatic heterocycles. The molecule has 0 unspecified atom stereocenters. The summed E-state index contributed by atoms with van der Waals surface area (Å²) in [6.07, 6.45) is 9.63. The summed E-state index contributed by atoms with van der Waals surface area (Å²) in [6.45, 7) is 2.24. The molecule has 3 heteroatoms. The molecule has 0 atom stereocenters. The first-order chi connectivity index (χ1) is 6.95. The fourth-order valence-corrected chi connectivity index (χ4v) is 2.63. The van der Waals surface area contributed by atoms with Crippen LogP contribution in [0, 0.1) is 0 Å². The van der Waals surface area contributed by atoms with Crippen LogP contribution in [0.2, 0.25) is 0 Å². The first kappa shape index (κ1) is 8.48. The van der Waals surface area contributed by atoms with E-state index in [2.05, 4.69) is 21.1 Å². The van der Waals surface area contributed by atoms with Gasteiger partial charge in [-0.15, -0.1) is 0 Å². The third-order valence-electron chi connectivity index (χ3n) is 3.62. The van der Waals surface area contributed by atoms with Crippen LogP contribution >= 0.6 is 0 Å². The van der Waals surface area contributed by atoms with Gasteiger partial charge in [-0.2, -0.15) is 0 Å². The summed E-state index contributed by atoms with van der Waals surface area (Å²) in [5.41, 5.74) is 1.48. The molecule has 0 aromatic carbocycles. The molecular formula is C11H17N3. The Hall–Kier alpha value is -0.830. The lowest BCUT2D eigenvalue weighted by Gasteiger charge is -2.30. The summed E-state index contributed by atoms with van der Waals surface area (Å²) in [5.74, 6) is 0.790. The highest BCUT2D eigenvalue weighted by molar-refractivity contribution is 5.10. The van der Waals surface area contributed by atoms with Crippen LogP contribution < -0.4 is 5.32 Å². The van der Waals surface area contributed by atoms with E-state index in [4.69, 9.17) is 0 Å². The van der Waals surface area contributed by atoms with Crippen LogP contribution in [0.5, 0.6) is 0 Å². The number of aromatic nitrogens is 2. The van der Waals surface area contributed by atoms with Crippen molar-refractivity contribution in [1.82, 2.24) is 14.9 Å². The smallest absolute Gasteiger partial charge is 0.0951 e. The minimum atomic E-state index is 0.674. The van der Waals surface area contributed by atoms with Gasteiger partial charge in [0.25, 0.3) is 0 Å². The van der Waals surface area contributed by atoms with E-state index in [9.17, 15) is 0 Å². The van der Waals surface area contributed by atoms with E-state index < -0.39 is 0 Å². The Bertz CT molecular complexity index is 308. The highest BCUT2D eigenvalue weighted by Gasteiger charge is 2.25. The molecule has 1 aliphatic carbocycles. The summed E-state index contributed by atoms with van der Waals surface area (Å²) < 4.78 is 2.40. The maximum atomic E-state index is 4.30. The second-order valence-electron chi connectivity index (χ2n) is 4.52. The topological polar surface area (TPSA) is 29.9 Å². The van der Waals surface area contributed by atoms with Crippen molar-refractivity contribution < 1.29 is 0 Å². The predicted octanol–water partition coefficient (Wildman–Crippen LogP) is 1.69. The summed E-state index contributed by atoms with van der Waals surface area (Å²) in [4.78, 5) is 4.30. The van der Waals surface area contributed by atoms with E-state index in [-0.39, 0.29) is 0 Å². The van der Waals surface area contributed by atoms with Gasteiger partial charge in [-0.1, -0.05) is 12.8 Å². The van der Waals surface area contributed by atoms with Crippen LogP contribution in [0.1, 0.15) is 43.3 Å². The van der Waals surface area contributed by atoms with E-state index in [0.29, 0.717) is 6.04 Å². The lowest BCUT2D eigenvalue weighted by Crippen LogP contribution is -2.43. The largest absolute Gasteiger partial charge is 0.329 e. The van der Waals surface area contributed by atoms with E-state index in [1.807, 2.05) is 6.33 Å². The summed E-state index contributed by atoms with van der Waals surface area (Å²) in [5, 5.41) is 3.32. The molecule has 1 saturated carbocycles. The molecular weight excluding hydrogens is 174 g/mol. The lowest BCUT2D eigenvalue weighted by molar-refractivity contribution is 0.331. The van der Waals surface area contributed by atoms with Gasteiger partial charge in [-0.05, 0) is 12.8 Å². The number of hydrogen-bond acceptors (Lipinski definition) is 2.